The summed E-state index contributed by atoms with van der Waals surface area (Å²) in [5, 5.41) is 0. The van der Waals surface area contributed by atoms with Crippen molar-refractivity contribution in [2.75, 3.05) is 45.5 Å². The average Bonchev–Trinajstić information content (AvgIpc) is 3.20. The van der Waals surface area contributed by atoms with Crippen LogP contribution in [0.15, 0.2) is 30.3 Å². The molecule has 1 aromatic rings. The summed E-state index contributed by atoms with van der Waals surface area (Å²) < 4.78 is 24.8. The summed E-state index contributed by atoms with van der Waals surface area (Å²) in [5.41, 5.74) is 1.30. The minimum absolute atomic E-state index is 0.128. The maximum Gasteiger partial charge on any atom is 0.236 e. The van der Waals surface area contributed by atoms with Gasteiger partial charge in [-0.2, -0.15) is 4.31 Å². The molecule has 0 atom stereocenters. The number of benzene rings is 1. The van der Waals surface area contributed by atoms with E-state index in [2.05, 4.69) is 29.2 Å². The highest BCUT2D eigenvalue weighted by atomic mass is 32.2. The Morgan fingerprint density at radius 1 is 1.07 bits per heavy atom. The van der Waals surface area contributed by atoms with Crippen LogP contribution in [0.1, 0.15) is 31.2 Å². The Hall–Kier alpha value is -1.44. The molecule has 0 spiro atoms. The van der Waals surface area contributed by atoms with E-state index in [0.717, 1.165) is 13.0 Å². The van der Waals surface area contributed by atoms with Gasteiger partial charge in [0.05, 0.1) is 12.8 Å². The number of amides is 1. The summed E-state index contributed by atoms with van der Waals surface area (Å²) in [6.07, 6.45) is 7.01. The first kappa shape index (κ1) is 20.3. The molecule has 7 heteroatoms. The van der Waals surface area contributed by atoms with Gasteiger partial charge >= 0.3 is 0 Å². The van der Waals surface area contributed by atoms with Gasteiger partial charge in [0, 0.05) is 38.8 Å². The lowest BCUT2D eigenvalue weighted by Crippen LogP contribution is -2.53. The molecule has 0 bridgehead atoms. The lowest BCUT2D eigenvalue weighted by atomic mass is 10.1. The van der Waals surface area contributed by atoms with Gasteiger partial charge in [-0.25, -0.2) is 8.42 Å². The number of piperazine rings is 1. The number of hydrogen-bond acceptors (Lipinski definition) is 4. The van der Waals surface area contributed by atoms with Crippen molar-refractivity contribution in [2.24, 2.45) is 0 Å². The summed E-state index contributed by atoms with van der Waals surface area (Å²) in [6.45, 7) is 3.11. The smallest absolute Gasteiger partial charge is 0.236 e. The lowest BCUT2D eigenvalue weighted by molar-refractivity contribution is -0.134. The van der Waals surface area contributed by atoms with Gasteiger partial charge in [0.15, 0.2) is 0 Å². The molecule has 0 radical (unpaired) electrons. The fourth-order valence-electron chi connectivity index (χ4n) is 4.12. The van der Waals surface area contributed by atoms with Crippen molar-refractivity contribution < 1.29 is 13.2 Å². The van der Waals surface area contributed by atoms with Crippen molar-refractivity contribution in [1.29, 1.82) is 0 Å². The second-order valence-corrected chi connectivity index (χ2v) is 9.67. The van der Waals surface area contributed by atoms with E-state index in [1.54, 1.807) is 0 Å². The van der Waals surface area contributed by atoms with Gasteiger partial charge in [-0.3, -0.25) is 9.69 Å². The maximum absolute atomic E-state index is 12.8. The van der Waals surface area contributed by atoms with Crippen LogP contribution in [0.25, 0.3) is 0 Å². The Kier molecular flexibility index (Phi) is 6.89. The molecule has 1 saturated heterocycles. The fourth-order valence-corrected chi connectivity index (χ4v) is 4.95. The number of hydrogen-bond donors (Lipinski definition) is 0. The third kappa shape index (κ3) is 5.77. The van der Waals surface area contributed by atoms with Crippen LogP contribution in [0.5, 0.6) is 0 Å². The van der Waals surface area contributed by atoms with E-state index in [1.807, 2.05) is 11.0 Å². The zero-order valence-electron chi connectivity index (χ0n) is 16.2. The first-order chi connectivity index (χ1) is 12.9. The van der Waals surface area contributed by atoms with Crippen LogP contribution in [0.2, 0.25) is 0 Å². The third-order valence-corrected chi connectivity index (χ3v) is 7.07. The Morgan fingerprint density at radius 2 is 1.70 bits per heavy atom. The normalized spacial score (nSPS) is 19.7. The molecule has 1 aliphatic heterocycles. The second kappa shape index (κ2) is 9.17. The van der Waals surface area contributed by atoms with E-state index in [-0.39, 0.29) is 5.91 Å². The van der Waals surface area contributed by atoms with E-state index < -0.39 is 10.0 Å². The molecule has 2 fully saturated rings. The summed E-state index contributed by atoms with van der Waals surface area (Å²) >= 11 is 0. The van der Waals surface area contributed by atoms with Crippen molar-refractivity contribution >= 4 is 15.9 Å². The highest BCUT2D eigenvalue weighted by Gasteiger charge is 2.29. The Morgan fingerprint density at radius 3 is 2.30 bits per heavy atom. The Bertz CT molecular complexity index is 709. The van der Waals surface area contributed by atoms with Gasteiger partial charge in [-0.15, -0.1) is 0 Å². The first-order valence-corrected chi connectivity index (χ1v) is 11.8. The zero-order chi connectivity index (χ0) is 19.3. The van der Waals surface area contributed by atoms with Crippen LogP contribution in [-0.4, -0.2) is 80.0 Å². The van der Waals surface area contributed by atoms with Crippen molar-refractivity contribution in [3.63, 3.8) is 0 Å². The van der Waals surface area contributed by atoms with Crippen LogP contribution in [0.3, 0.4) is 0 Å². The fraction of sp³-hybridized carbons (Fsp3) is 0.650. The number of carbonyl (C=O) groups excluding carboxylic acids is 1. The summed E-state index contributed by atoms with van der Waals surface area (Å²) in [5.74, 6) is 0.128. The van der Waals surface area contributed by atoms with E-state index in [1.165, 1.54) is 41.8 Å². The van der Waals surface area contributed by atoms with Crippen LogP contribution < -0.4 is 0 Å². The zero-order valence-corrected chi connectivity index (χ0v) is 17.0. The van der Waals surface area contributed by atoms with Gasteiger partial charge in [-0.1, -0.05) is 43.2 Å². The number of carbonyl (C=O) groups is 1. The predicted octanol–water partition coefficient (Wildman–Crippen LogP) is 1.58. The van der Waals surface area contributed by atoms with E-state index >= 15 is 0 Å². The molecular weight excluding hydrogens is 362 g/mol. The van der Waals surface area contributed by atoms with Gasteiger partial charge in [0.25, 0.3) is 0 Å². The van der Waals surface area contributed by atoms with Crippen LogP contribution in [0.4, 0.5) is 0 Å². The van der Waals surface area contributed by atoms with E-state index in [4.69, 9.17) is 0 Å². The molecule has 1 heterocycles. The standard InChI is InChI=1S/C20H31N3O3S/c1-27(25,26)23-15-13-21(14-16-23)20(24)17-22(19-9-5-6-10-19)12-11-18-7-3-2-4-8-18/h2-4,7-8,19H,5-6,9-17H2,1H3. The number of nitrogens with zero attached hydrogens (tertiary/aromatic N) is 3. The molecule has 2 aliphatic rings. The van der Waals surface area contributed by atoms with Gasteiger partial charge < -0.3 is 4.90 Å². The number of rotatable bonds is 7. The van der Waals surface area contributed by atoms with E-state index in [0.29, 0.717) is 38.8 Å². The summed E-state index contributed by atoms with van der Waals surface area (Å²) in [7, 11) is -3.17. The number of sulfonamides is 1. The highest BCUT2D eigenvalue weighted by molar-refractivity contribution is 7.88. The topological polar surface area (TPSA) is 60.9 Å². The molecule has 1 aliphatic carbocycles. The molecule has 150 valence electrons. The van der Waals surface area contributed by atoms with Crippen LogP contribution in [0, 0.1) is 0 Å². The van der Waals surface area contributed by atoms with Gasteiger partial charge in [0.1, 0.15) is 0 Å². The lowest BCUT2D eigenvalue weighted by Gasteiger charge is -2.36. The first-order valence-electron chi connectivity index (χ1n) is 9.94. The minimum atomic E-state index is -3.17. The Balaban J connectivity index is 1.56. The van der Waals surface area contributed by atoms with Gasteiger partial charge in [-0.05, 0) is 24.8 Å². The Labute approximate surface area is 163 Å². The summed E-state index contributed by atoms with van der Waals surface area (Å²) in [6, 6.07) is 10.9. The van der Waals surface area contributed by atoms with Crippen molar-refractivity contribution in [3.05, 3.63) is 35.9 Å². The average molecular weight is 394 g/mol. The van der Waals surface area contributed by atoms with E-state index in [9.17, 15) is 13.2 Å². The maximum atomic E-state index is 12.8. The molecule has 1 amide bonds. The molecule has 0 aromatic heterocycles. The minimum Gasteiger partial charge on any atom is -0.339 e. The quantitative estimate of drug-likeness (QED) is 0.706. The second-order valence-electron chi connectivity index (χ2n) is 7.69. The van der Waals surface area contributed by atoms with Crippen molar-refractivity contribution in [3.8, 4) is 0 Å². The monoisotopic (exact) mass is 393 g/mol. The van der Waals surface area contributed by atoms with Crippen molar-refractivity contribution in [1.82, 2.24) is 14.1 Å². The molecule has 0 N–H and O–H groups in total. The predicted molar refractivity (Wildman–Crippen MR) is 107 cm³/mol. The molecule has 3 rings (SSSR count). The van der Waals surface area contributed by atoms with Crippen LogP contribution >= 0.6 is 0 Å². The molecule has 6 nitrogen and oxygen atoms in total. The summed E-state index contributed by atoms with van der Waals surface area (Å²) in [4.78, 5) is 17.0. The van der Waals surface area contributed by atoms with Crippen LogP contribution in [-0.2, 0) is 21.2 Å². The molecule has 0 unspecified atom stereocenters. The third-order valence-electron chi connectivity index (χ3n) is 5.77. The van der Waals surface area contributed by atoms with Gasteiger partial charge in [0.2, 0.25) is 15.9 Å². The van der Waals surface area contributed by atoms with Crippen molar-refractivity contribution in [2.45, 2.75) is 38.1 Å². The highest BCUT2D eigenvalue weighted by Crippen LogP contribution is 2.24. The molecular formula is C20H31N3O3S. The molecule has 1 saturated carbocycles. The molecule has 1 aromatic carbocycles. The largest absolute Gasteiger partial charge is 0.339 e. The molecule has 27 heavy (non-hydrogen) atoms. The SMILES string of the molecule is CS(=O)(=O)N1CCN(C(=O)CN(CCc2ccccc2)C2CCCC2)CC1.